The van der Waals surface area contributed by atoms with Gasteiger partial charge in [-0.2, -0.15) is 0 Å². The van der Waals surface area contributed by atoms with Gasteiger partial charge in [0.05, 0.1) is 39.2 Å². The van der Waals surface area contributed by atoms with Crippen LogP contribution in [0.2, 0.25) is 0 Å². The molecule has 0 spiro atoms. The fraction of sp³-hybridized carbons (Fsp3) is 0.727. The number of thiocarbonyl (C=S) groups is 1. The van der Waals surface area contributed by atoms with E-state index in [1.165, 1.54) is 64.2 Å². The Bertz CT molecular complexity index is 836. The van der Waals surface area contributed by atoms with E-state index in [1.807, 2.05) is 30.3 Å². The van der Waals surface area contributed by atoms with Gasteiger partial charge in [0.1, 0.15) is 12.6 Å². The Morgan fingerprint density at radius 2 is 1.40 bits per heavy atom. The second-order valence-corrected chi connectivity index (χ2v) is 12.7. The van der Waals surface area contributed by atoms with E-state index in [9.17, 15) is 9.59 Å². The molecule has 7 nitrogen and oxygen atoms in total. The zero-order valence-corrected chi connectivity index (χ0v) is 29.8. The Balaban J connectivity index is 0.0000168. The number of benzene rings is 1. The molecule has 1 aromatic rings. The van der Waals surface area contributed by atoms with E-state index in [0.29, 0.717) is 13.0 Å². The Morgan fingerprint density at radius 3 is 2.00 bits per heavy atom. The predicted molar refractivity (Wildman–Crippen MR) is 175 cm³/mol. The first-order valence-electron chi connectivity index (χ1n) is 16.0. The Kier molecular flexibility index (Phi) is 25.1. The predicted octanol–water partition coefficient (Wildman–Crippen LogP) is 3.90. The monoisotopic (exact) mass is 718 g/mol. The molecule has 0 fully saturated rings. The van der Waals surface area contributed by atoms with Crippen molar-refractivity contribution < 1.29 is 42.8 Å². The summed E-state index contributed by atoms with van der Waals surface area (Å²) in [6, 6.07) is 8.89. The molecule has 0 aliphatic rings. The highest BCUT2D eigenvalue weighted by Crippen LogP contribution is 2.12. The van der Waals surface area contributed by atoms with E-state index >= 15 is 0 Å². The molecule has 9 heteroatoms. The average Bonchev–Trinajstić information content (AvgIpc) is 2.93. The number of rotatable bonds is 24. The normalized spacial score (nSPS) is 11.7. The number of quaternary nitrogens is 1. The molecule has 42 heavy (non-hydrogen) atoms. The number of carbonyl (C=O) groups is 2. The molecule has 2 amide bonds. The molecule has 0 unspecified atom stereocenters. The van der Waals surface area contributed by atoms with Gasteiger partial charge in [-0.1, -0.05) is 114 Å². The number of nitrogens with zero attached hydrogens (tertiary/aromatic N) is 1. The minimum atomic E-state index is -0.631. The molecule has 0 aliphatic carbocycles. The number of halogens is 1. The lowest BCUT2D eigenvalue weighted by Crippen LogP contribution is -3.00. The molecule has 0 heterocycles. The topological polar surface area (TPSA) is 79.5 Å². The second kappa shape index (κ2) is 26.0. The van der Waals surface area contributed by atoms with E-state index in [4.69, 9.17) is 17.0 Å². The van der Waals surface area contributed by atoms with Crippen molar-refractivity contribution in [3.63, 3.8) is 0 Å². The number of alkyl carbamates (subject to hydrolysis) is 1. The second-order valence-electron chi connectivity index (χ2n) is 12.2. The molecule has 0 radical (unpaired) electrons. The first kappa shape index (κ1) is 40.5. The average molecular weight is 719 g/mol. The zero-order valence-electron chi connectivity index (χ0n) is 26.9. The summed E-state index contributed by atoms with van der Waals surface area (Å²) in [4.78, 5) is 26.2. The van der Waals surface area contributed by atoms with E-state index < -0.39 is 12.1 Å². The van der Waals surface area contributed by atoms with Crippen molar-refractivity contribution in [1.82, 2.24) is 16.0 Å². The number of ether oxygens (including phenoxy) is 1. The van der Waals surface area contributed by atoms with Crippen molar-refractivity contribution in [1.29, 1.82) is 0 Å². The molecule has 3 N–H and O–H groups in total. The van der Waals surface area contributed by atoms with Gasteiger partial charge in [-0.05, 0) is 37.7 Å². The lowest BCUT2D eigenvalue weighted by molar-refractivity contribution is -0.869. The van der Waals surface area contributed by atoms with Crippen molar-refractivity contribution in [3.05, 3.63) is 35.9 Å². The first-order valence-corrected chi connectivity index (χ1v) is 16.4. The maximum atomic E-state index is 12.9. The van der Waals surface area contributed by atoms with Gasteiger partial charge in [0.25, 0.3) is 0 Å². The van der Waals surface area contributed by atoms with Crippen molar-refractivity contribution in [2.75, 3.05) is 40.8 Å². The number of hydrogen-bond acceptors (Lipinski definition) is 4. The SMILES string of the molecule is CCCCCCCCCCCCCC(=S)NCCCC[C@H](NC(=O)OCc1ccccc1)C(=O)NCC[N+](C)(C)C.[I-]. The zero-order chi connectivity index (χ0) is 30.2. The summed E-state index contributed by atoms with van der Waals surface area (Å²) in [6.07, 6.45) is 17.2. The first-order chi connectivity index (χ1) is 19.7. The van der Waals surface area contributed by atoms with Gasteiger partial charge in [0.2, 0.25) is 5.91 Å². The van der Waals surface area contributed by atoms with Crippen LogP contribution in [0, 0.1) is 0 Å². The summed E-state index contributed by atoms with van der Waals surface area (Å²) in [7, 11) is 6.24. The maximum absolute atomic E-state index is 12.9. The van der Waals surface area contributed by atoms with Crippen LogP contribution in [-0.2, 0) is 16.1 Å². The van der Waals surface area contributed by atoms with Gasteiger partial charge in [-0.3, -0.25) is 4.79 Å². The summed E-state index contributed by atoms with van der Waals surface area (Å²) in [5.41, 5.74) is 0.904. The van der Waals surface area contributed by atoms with Gasteiger partial charge in [0.15, 0.2) is 0 Å². The van der Waals surface area contributed by atoms with E-state index in [-0.39, 0.29) is 36.5 Å². The van der Waals surface area contributed by atoms with Crippen LogP contribution in [0.15, 0.2) is 30.3 Å². The number of unbranched alkanes of at least 4 members (excludes halogenated alkanes) is 11. The standard InChI is InChI=1S/C33H58N4O3S.HI/c1-5-6-7-8-9-10-11-12-13-14-18-24-31(41)34-25-20-19-23-30(32(38)35-26-27-37(2,3)4)36-33(39)40-28-29-21-16-15-17-22-29;/h15-17,21-22,30H,5-14,18-20,23-28H2,1-4H3,(H2-,34,35,36,38,39,41);1H/t30-;/m0./s1. The smallest absolute Gasteiger partial charge is 0.408 e. The number of hydrogen-bond donors (Lipinski definition) is 3. The van der Waals surface area contributed by atoms with Crippen molar-refractivity contribution in [3.8, 4) is 0 Å². The van der Waals surface area contributed by atoms with Crippen LogP contribution in [0.25, 0.3) is 0 Å². The molecule has 1 aromatic carbocycles. The Morgan fingerprint density at radius 1 is 0.810 bits per heavy atom. The third-order valence-corrected chi connectivity index (χ3v) is 7.50. The van der Waals surface area contributed by atoms with Crippen molar-refractivity contribution in [2.24, 2.45) is 0 Å². The molecular formula is C33H59IN4O3S. The summed E-state index contributed by atoms with van der Waals surface area (Å²) in [5.74, 6) is -0.171. The molecular weight excluding hydrogens is 659 g/mol. The third-order valence-electron chi connectivity index (χ3n) is 7.15. The van der Waals surface area contributed by atoms with Gasteiger partial charge in [0, 0.05) is 6.54 Å². The summed E-state index contributed by atoms with van der Waals surface area (Å²) < 4.78 is 6.11. The number of nitrogens with one attached hydrogen (secondary N) is 3. The van der Waals surface area contributed by atoms with Crippen LogP contribution in [0.4, 0.5) is 4.79 Å². The number of likely N-dealkylation sites (N-methyl/N-ethyl adjacent to an activating group) is 1. The van der Waals surface area contributed by atoms with Crippen LogP contribution in [0.1, 0.15) is 109 Å². The summed E-state index contributed by atoms with van der Waals surface area (Å²) in [6.45, 7) is 4.57. The molecule has 0 saturated carbocycles. The Labute approximate surface area is 279 Å². The highest BCUT2D eigenvalue weighted by molar-refractivity contribution is 7.80. The minimum Gasteiger partial charge on any atom is -1.00 e. The number of carbonyl (C=O) groups excluding carboxylic acids is 2. The fourth-order valence-electron chi connectivity index (χ4n) is 4.55. The van der Waals surface area contributed by atoms with E-state index in [1.54, 1.807) is 0 Å². The quantitative estimate of drug-likeness (QED) is 0.0655. The van der Waals surface area contributed by atoms with E-state index in [2.05, 4.69) is 44.0 Å². The lowest BCUT2D eigenvalue weighted by Gasteiger charge is -2.25. The molecule has 1 rings (SSSR count). The molecule has 1 atom stereocenters. The van der Waals surface area contributed by atoms with Crippen LogP contribution in [-0.4, -0.2) is 68.3 Å². The van der Waals surface area contributed by atoms with Crippen LogP contribution < -0.4 is 39.9 Å². The van der Waals surface area contributed by atoms with Gasteiger partial charge < -0.3 is 49.1 Å². The molecule has 0 saturated heterocycles. The van der Waals surface area contributed by atoms with Crippen molar-refractivity contribution in [2.45, 2.75) is 116 Å². The molecule has 0 bridgehead atoms. The molecule has 242 valence electrons. The molecule has 0 aromatic heterocycles. The van der Waals surface area contributed by atoms with Gasteiger partial charge in [-0.25, -0.2) is 4.79 Å². The highest BCUT2D eigenvalue weighted by atomic mass is 127. The highest BCUT2D eigenvalue weighted by Gasteiger charge is 2.21. The third kappa shape index (κ3) is 24.0. The lowest BCUT2D eigenvalue weighted by atomic mass is 10.1. The molecule has 0 aliphatic heterocycles. The minimum absolute atomic E-state index is 0. The summed E-state index contributed by atoms with van der Waals surface area (Å²) in [5, 5.41) is 9.11. The van der Waals surface area contributed by atoms with Crippen LogP contribution in [0.3, 0.4) is 0 Å². The largest absolute Gasteiger partial charge is 1.00 e. The van der Waals surface area contributed by atoms with Gasteiger partial charge >= 0.3 is 6.09 Å². The van der Waals surface area contributed by atoms with Crippen LogP contribution in [0.5, 0.6) is 0 Å². The fourth-order valence-corrected chi connectivity index (χ4v) is 4.80. The van der Waals surface area contributed by atoms with E-state index in [0.717, 1.165) is 53.8 Å². The van der Waals surface area contributed by atoms with Crippen LogP contribution >= 0.6 is 12.2 Å². The van der Waals surface area contributed by atoms with Crippen molar-refractivity contribution >= 4 is 29.2 Å². The number of amides is 2. The summed E-state index contributed by atoms with van der Waals surface area (Å²) >= 11 is 5.52. The van der Waals surface area contributed by atoms with Gasteiger partial charge in [-0.15, -0.1) is 0 Å². The maximum Gasteiger partial charge on any atom is 0.408 e. The Hall–Kier alpha value is -1.46.